The van der Waals surface area contributed by atoms with Crippen molar-refractivity contribution in [2.45, 2.75) is 45.4 Å². The van der Waals surface area contributed by atoms with E-state index in [0.29, 0.717) is 19.5 Å². The molecule has 1 aromatic rings. The quantitative estimate of drug-likeness (QED) is 0.593. The van der Waals surface area contributed by atoms with Crippen LogP contribution in [0.5, 0.6) is 0 Å². The standard InChI is InChI=1S/C16H21BrN2O2S/c1-5-19-10-14-11(8-15(19)20)6-13(17)7-12(14)9-18-22(21)16(2,3)4/h6-7,9H,5,8,10H2,1-4H3. The summed E-state index contributed by atoms with van der Waals surface area (Å²) in [5.74, 6) is 0.147. The van der Waals surface area contributed by atoms with Crippen LogP contribution in [0.4, 0.5) is 0 Å². The molecule has 0 N–H and O–H groups in total. The lowest BCUT2D eigenvalue weighted by molar-refractivity contribution is -0.131. The molecule has 0 aromatic heterocycles. The lowest BCUT2D eigenvalue weighted by Crippen LogP contribution is -2.36. The van der Waals surface area contributed by atoms with Crippen molar-refractivity contribution in [2.24, 2.45) is 4.40 Å². The average molecular weight is 385 g/mol. The molecule has 0 saturated heterocycles. The number of benzene rings is 1. The van der Waals surface area contributed by atoms with Crippen LogP contribution in [0.25, 0.3) is 0 Å². The van der Waals surface area contributed by atoms with Crippen molar-refractivity contribution in [2.75, 3.05) is 6.54 Å². The van der Waals surface area contributed by atoms with E-state index in [1.165, 1.54) is 0 Å². The Hall–Kier alpha value is -0.850. The van der Waals surface area contributed by atoms with Gasteiger partial charge in [0.25, 0.3) is 0 Å². The fourth-order valence-electron chi connectivity index (χ4n) is 2.29. The van der Waals surface area contributed by atoms with E-state index < -0.39 is 11.4 Å². The monoisotopic (exact) mass is 384 g/mol. The fourth-order valence-corrected chi connectivity index (χ4v) is 3.34. The second kappa shape index (κ2) is 6.72. The highest BCUT2D eigenvalue weighted by Gasteiger charge is 2.27. The molecule has 1 aliphatic rings. The summed E-state index contributed by atoms with van der Waals surface area (Å²) in [6.45, 7) is 8.95. The molecule has 1 amide bonds. The van der Waals surface area contributed by atoms with E-state index in [-0.39, 0.29) is 10.7 Å². The molecule has 1 unspecified atom stereocenters. The first-order valence-electron chi connectivity index (χ1n) is 7.27. The van der Waals surface area contributed by atoms with E-state index in [2.05, 4.69) is 20.3 Å². The first-order chi connectivity index (χ1) is 10.2. The van der Waals surface area contributed by atoms with Crippen molar-refractivity contribution >= 4 is 39.4 Å². The number of carbonyl (C=O) groups excluding carboxylic acids is 1. The maximum absolute atomic E-state index is 12.1. The highest BCUT2D eigenvalue weighted by molar-refractivity contribution is 9.10. The van der Waals surface area contributed by atoms with Gasteiger partial charge in [-0.15, -0.1) is 0 Å². The summed E-state index contributed by atoms with van der Waals surface area (Å²) in [6, 6.07) is 3.95. The van der Waals surface area contributed by atoms with Crippen LogP contribution >= 0.6 is 15.9 Å². The number of carbonyl (C=O) groups is 1. The summed E-state index contributed by atoms with van der Waals surface area (Å²) >= 11 is 2.19. The van der Waals surface area contributed by atoms with Gasteiger partial charge in [0.15, 0.2) is 0 Å². The molecular formula is C16H21BrN2O2S. The number of nitrogens with zero attached hydrogens (tertiary/aromatic N) is 2. The molecule has 0 fully saturated rings. The molecule has 4 nitrogen and oxygen atoms in total. The third-order valence-corrected chi connectivity index (χ3v) is 5.38. The topological polar surface area (TPSA) is 55.7 Å². The molecule has 1 aromatic carbocycles. The maximum Gasteiger partial charge on any atom is 0.227 e. The number of likely N-dealkylation sites (N-methyl/N-ethyl adjacent to an activating group) is 1. The van der Waals surface area contributed by atoms with Crippen molar-refractivity contribution in [3.63, 3.8) is 0 Å². The smallest absolute Gasteiger partial charge is 0.227 e. The Morgan fingerprint density at radius 1 is 1.45 bits per heavy atom. The molecular weight excluding hydrogens is 364 g/mol. The molecule has 1 heterocycles. The van der Waals surface area contributed by atoms with Crippen LogP contribution in [0, 0.1) is 0 Å². The Kier molecular flexibility index (Phi) is 5.35. The highest BCUT2D eigenvalue weighted by Crippen LogP contribution is 2.27. The van der Waals surface area contributed by atoms with Crippen LogP contribution in [0.3, 0.4) is 0 Å². The number of halogens is 1. The SMILES string of the molecule is CCN1Cc2c(C=N[S+]([O-])C(C)(C)C)cc(Br)cc2CC1=O. The Morgan fingerprint density at radius 3 is 2.73 bits per heavy atom. The molecule has 0 aliphatic carbocycles. The van der Waals surface area contributed by atoms with Gasteiger partial charge >= 0.3 is 0 Å². The third kappa shape index (κ3) is 3.91. The zero-order chi connectivity index (χ0) is 16.5. The predicted molar refractivity (Wildman–Crippen MR) is 94.4 cm³/mol. The zero-order valence-corrected chi connectivity index (χ0v) is 15.8. The summed E-state index contributed by atoms with van der Waals surface area (Å²) in [7, 11) is 0. The number of hydrogen-bond acceptors (Lipinski definition) is 3. The Balaban J connectivity index is 2.37. The number of hydrogen-bond donors (Lipinski definition) is 0. The Morgan fingerprint density at radius 2 is 2.14 bits per heavy atom. The lowest BCUT2D eigenvalue weighted by atomic mass is 9.95. The van der Waals surface area contributed by atoms with Gasteiger partial charge in [-0.25, -0.2) is 0 Å². The number of fused-ring (bicyclic) bond motifs is 1. The van der Waals surface area contributed by atoms with Gasteiger partial charge in [-0.2, -0.15) is 0 Å². The first-order valence-corrected chi connectivity index (χ1v) is 9.17. The van der Waals surface area contributed by atoms with Gasteiger partial charge in [-0.1, -0.05) is 20.3 Å². The van der Waals surface area contributed by atoms with E-state index in [1.54, 1.807) is 6.21 Å². The van der Waals surface area contributed by atoms with Crippen molar-refractivity contribution in [1.29, 1.82) is 0 Å². The van der Waals surface area contributed by atoms with E-state index in [9.17, 15) is 9.35 Å². The summed E-state index contributed by atoms with van der Waals surface area (Å²) < 4.78 is 16.8. The minimum Gasteiger partial charge on any atom is -0.591 e. The second-order valence-electron chi connectivity index (χ2n) is 6.31. The Bertz CT molecular complexity index is 611. The van der Waals surface area contributed by atoms with Gasteiger partial charge in [0.2, 0.25) is 5.91 Å². The van der Waals surface area contributed by atoms with Crippen LogP contribution < -0.4 is 0 Å². The molecule has 2 rings (SSSR count). The molecule has 120 valence electrons. The van der Waals surface area contributed by atoms with E-state index >= 15 is 0 Å². The van der Waals surface area contributed by atoms with Crippen LogP contribution in [0.2, 0.25) is 0 Å². The van der Waals surface area contributed by atoms with E-state index in [1.807, 2.05) is 44.7 Å². The van der Waals surface area contributed by atoms with Crippen LogP contribution in [0.15, 0.2) is 21.0 Å². The van der Waals surface area contributed by atoms with Crippen LogP contribution in [0.1, 0.15) is 44.4 Å². The van der Waals surface area contributed by atoms with E-state index in [4.69, 9.17) is 0 Å². The van der Waals surface area contributed by atoms with Gasteiger partial charge < -0.3 is 9.45 Å². The van der Waals surface area contributed by atoms with Gasteiger partial charge in [0.05, 0.1) is 12.6 Å². The van der Waals surface area contributed by atoms with Crippen LogP contribution in [-0.2, 0) is 29.1 Å². The van der Waals surface area contributed by atoms with Gasteiger partial charge in [-0.3, -0.25) is 4.79 Å². The predicted octanol–water partition coefficient (Wildman–Crippen LogP) is 3.23. The molecule has 22 heavy (non-hydrogen) atoms. The summed E-state index contributed by atoms with van der Waals surface area (Å²) in [6.07, 6.45) is 2.08. The number of rotatable bonds is 3. The molecule has 6 heteroatoms. The molecule has 1 atom stereocenters. The van der Waals surface area contributed by atoms with Crippen molar-refractivity contribution in [1.82, 2.24) is 4.90 Å². The second-order valence-corrected chi connectivity index (χ2v) is 9.16. The van der Waals surface area contributed by atoms with Crippen molar-refractivity contribution in [3.05, 3.63) is 33.3 Å². The summed E-state index contributed by atoms with van der Waals surface area (Å²) in [4.78, 5) is 13.9. The molecule has 0 radical (unpaired) electrons. The minimum absolute atomic E-state index is 0.147. The highest BCUT2D eigenvalue weighted by atomic mass is 79.9. The maximum atomic E-state index is 12.1. The normalized spacial score (nSPS) is 17.0. The van der Waals surface area contributed by atoms with E-state index in [0.717, 1.165) is 21.2 Å². The molecule has 0 saturated carbocycles. The van der Waals surface area contributed by atoms with Crippen molar-refractivity contribution < 1.29 is 9.35 Å². The van der Waals surface area contributed by atoms with Gasteiger partial charge in [0, 0.05) is 23.1 Å². The molecule has 0 spiro atoms. The van der Waals surface area contributed by atoms with Gasteiger partial charge in [0.1, 0.15) is 16.1 Å². The average Bonchev–Trinajstić information content (AvgIpc) is 2.42. The number of amides is 1. The summed E-state index contributed by atoms with van der Waals surface area (Å²) in [5, 5.41) is 0. The minimum atomic E-state index is -1.29. The van der Waals surface area contributed by atoms with Gasteiger partial charge in [-0.05, 0) is 51.0 Å². The summed E-state index contributed by atoms with van der Waals surface area (Å²) in [5.41, 5.74) is 3.04. The largest absolute Gasteiger partial charge is 0.591 e. The Labute approximate surface area is 143 Å². The molecule has 0 bridgehead atoms. The third-order valence-electron chi connectivity index (χ3n) is 3.58. The van der Waals surface area contributed by atoms with Crippen LogP contribution in [-0.4, -0.2) is 32.9 Å². The zero-order valence-electron chi connectivity index (χ0n) is 13.4. The molecule has 1 aliphatic heterocycles. The van der Waals surface area contributed by atoms with Crippen molar-refractivity contribution in [3.8, 4) is 0 Å². The first kappa shape index (κ1) is 17.5. The lowest BCUT2D eigenvalue weighted by Gasteiger charge is -2.29. The fraction of sp³-hybridized carbons (Fsp3) is 0.500.